The molecule has 0 saturated heterocycles. The summed E-state index contributed by atoms with van der Waals surface area (Å²) >= 11 is 1.26. The number of nitrogens with one attached hydrogen (secondary N) is 1. The van der Waals surface area contributed by atoms with E-state index in [-0.39, 0.29) is 36.1 Å². The van der Waals surface area contributed by atoms with Crippen LogP contribution >= 0.6 is 11.8 Å². The van der Waals surface area contributed by atoms with Gasteiger partial charge in [-0.1, -0.05) is 30.0 Å². The summed E-state index contributed by atoms with van der Waals surface area (Å²) in [5, 5.41) is 21.9. The Bertz CT molecular complexity index is 949. The van der Waals surface area contributed by atoms with Crippen LogP contribution in [-0.2, 0) is 30.7 Å². The summed E-state index contributed by atoms with van der Waals surface area (Å²) in [7, 11) is 0. The van der Waals surface area contributed by atoms with Crippen molar-refractivity contribution in [2.24, 2.45) is 0 Å². The average molecular weight is 384 g/mol. The van der Waals surface area contributed by atoms with Gasteiger partial charge >= 0.3 is 5.69 Å². The van der Waals surface area contributed by atoms with Crippen LogP contribution in [0.15, 0.2) is 34.1 Å². The Kier molecular flexibility index (Phi) is 6.14. The first-order valence-corrected chi connectivity index (χ1v) is 9.74. The number of carbonyl (C=O) groups excluding carboxylic acids is 1. The second-order valence-corrected chi connectivity index (χ2v) is 7.20. The average Bonchev–Trinajstić information content (AvgIpc) is 3.15. The van der Waals surface area contributed by atoms with Gasteiger partial charge in [0, 0.05) is 29.9 Å². The molecule has 7 nitrogen and oxygen atoms in total. The Hall–Kier alpha value is -2.79. The molecule has 1 aliphatic carbocycles. The molecule has 1 aromatic carbocycles. The van der Waals surface area contributed by atoms with Crippen molar-refractivity contribution in [1.29, 1.82) is 5.26 Å². The molecule has 8 heteroatoms. The Labute approximate surface area is 161 Å². The number of nitrogens with zero attached hydrogens (tertiary/aromatic N) is 3. The van der Waals surface area contributed by atoms with Crippen LogP contribution in [0.4, 0.5) is 0 Å². The van der Waals surface area contributed by atoms with Crippen LogP contribution in [-0.4, -0.2) is 26.3 Å². The van der Waals surface area contributed by atoms with Gasteiger partial charge in [0.05, 0.1) is 18.2 Å². The highest BCUT2D eigenvalue weighted by Gasteiger charge is 2.22. The summed E-state index contributed by atoms with van der Waals surface area (Å²) in [5.74, 6) is 0.102. The molecular weight excluding hydrogens is 364 g/mol. The molecular formula is C19H20N4O3S. The molecule has 0 aliphatic heterocycles. The van der Waals surface area contributed by atoms with Gasteiger partial charge in [0.2, 0.25) is 5.91 Å². The van der Waals surface area contributed by atoms with Crippen LogP contribution in [0, 0.1) is 11.3 Å². The third-order valence-electron chi connectivity index (χ3n) is 4.46. The fourth-order valence-electron chi connectivity index (χ4n) is 3.14. The number of thioether (sulfide) groups is 1. The first kappa shape index (κ1) is 19.0. The van der Waals surface area contributed by atoms with Crippen molar-refractivity contribution in [1.82, 2.24) is 14.9 Å². The maximum Gasteiger partial charge on any atom is 0.348 e. The Morgan fingerprint density at radius 3 is 2.96 bits per heavy atom. The number of para-hydroxylation sites is 1. The minimum atomic E-state index is -0.358. The molecule has 2 aromatic rings. The highest BCUT2D eigenvalue weighted by Crippen LogP contribution is 2.29. The Morgan fingerprint density at radius 1 is 1.37 bits per heavy atom. The number of nitriles is 1. The zero-order valence-electron chi connectivity index (χ0n) is 14.8. The van der Waals surface area contributed by atoms with Crippen molar-refractivity contribution in [2.75, 3.05) is 5.75 Å². The Balaban J connectivity index is 1.64. The number of rotatable bonds is 7. The van der Waals surface area contributed by atoms with Crippen molar-refractivity contribution in [3.63, 3.8) is 0 Å². The van der Waals surface area contributed by atoms with E-state index in [4.69, 9.17) is 5.26 Å². The monoisotopic (exact) mass is 384 g/mol. The highest BCUT2D eigenvalue weighted by molar-refractivity contribution is 7.99. The SMILES string of the molecule is N#CCCn1c2c(c(SCC(=O)NCc3ccccc3O)nc1=O)CCC2. The van der Waals surface area contributed by atoms with Gasteiger partial charge in [0.1, 0.15) is 10.8 Å². The molecule has 1 amide bonds. The van der Waals surface area contributed by atoms with Gasteiger partial charge in [-0.05, 0) is 25.3 Å². The van der Waals surface area contributed by atoms with Crippen molar-refractivity contribution < 1.29 is 9.90 Å². The number of phenols is 1. The number of amides is 1. The summed E-state index contributed by atoms with van der Waals surface area (Å²) in [6, 6.07) is 8.90. The second-order valence-electron chi connectivity index (χ2n) is 6.23. The molecule has 1 aromatic heterocycles. The fraction of sp³-hybridized carbons (Fsp3) is 0.368. The summed E-state index contributed by atoms with van der Waals surface area (Å²) in [4.78, 5) is 28.6. The van der Waals surface area contributed by atoms with Crippen LogP contribution in [0.1, 0.15) is 29.7 Å². The minimum absolute atomic E-state index is 0.144. The van der Waals surface area contributed by atoms with Crippen molar-refractivity contribution >= 4 is 17.7 Å². The molecule has 140 valence electrons. The topological polar surface area (TPSA) is 108 Å². The smallest absolute Gasteiger partial charge is 0.348 e. The number of carbonyl (C=O) groups is 1. The molecule has 0 unspecified atom stereocenters. The van der Waals surface area contributed by atoms with Gasteiger partial charge in [-0.2, -0.15) is 10.2 Å². The summed E-state index contributed by atoms with van der Waals surface area (Å²) in [6.45, 7) is 0.601. The van der Waals surface area contributed by atoms with Gasteiger partial charge in [-0.15, -0.1) is 0 Å². The number of hydrogen-bond donors (Lipinski definition) is 2. The third-order valence-corrected chi connectivity index (χ3v) is 5.47. The van der Waals surface area contributed by atoms with Crippen molar-refractivity contribution in [2.45, 2.75) is 43.8 Å². The zero-order valence-corrected chi connectivity index (χ0v) is 15.6. The predicted molar refractivity (Wildman–Crippen MR) is 101 cm³/mol. The van der Waals surface area contributed by atoms with Gasteiger partial charge in [0.25, 0.3) is 0 Å². The number of fused-ring (bicyclic) bond motifs is 1. The first-order valence-electron chi connectivity index (χ1n) is 8.76. The third kappa shape index (κ3) is 4.49. The van der Waals surface area contributed by atoms with E-state index < -0.39 is 0 Å². The van der Waals surface area contributed by atoms with E-state index in [9.17, 15) is 14.7 Å². The van der Waals surface area contributed by atoms with E-state index >= 15 is 0 Å². The molecule has 2 N–H and O–H groups in total. The largest absolute Gasteiger partial charge is 0.508 e. The molecule has 1 heterocycles. The molecule has 0 saturated carbocycles. The molecule has 1 aliphatic rings. The number of aromatic hydroxyl groups is 1. The molecule has 0 radical (unpaired) electrons. The van der Waals surface area contributed by atoms with Crippen LogP contribution in [0.25, 0.3) is 0 Å². The van der Waals surface area contributed by atoms with Gasteiger partial charge in [0.15, 0.2) is 0 Å². The van der Waals surface area contributed by atoms with Crippen molar-refractivity contribution in [3.8, 4) is 11.8 Å². The minimum Gasteiger partial charge on any atom is -0.508 e. The number of aromatic nitrogens is 2. The highest BCUT2D eigenvalue weighted by atomic mass is 32.2. The van der Waals surface area contributed by atoms with E-state index in [1.807, 2.05) is 0 Å². The lowest BCUT2D eigenvalue weighted by atomic mass is 10.2. The number of hydrogen-bond acceptors (Lipinski definition) is 6. The van der Waals surface area contributed by atoms with Crippen LogP contribution in [0.3, 0.4) is 0 Å². The summed E-state index contributed by atoms with van der Waals surface area (Å²) in [5.41, 5.74) is 2.26. The lowest BCUT2D eigenvalue weighted by molar-refractivity contribution is -0.118. The lowest BCUT2D eigenvalue weighted by Crippen LogP contribution is -2.28. The normalized spacial score (nSPS) is 12.4. The second kappa shape index (κ2) is 8.73. The first-order chi connectivity index (χ1) is 13.1. The predicted octanol–water partition coefficient (Wildman–Crippen LogP) is 1.76. The number of benzene rings is 1. The lowest BCUT2D eigenvalue weighted by Gasteiger charge is -2.13. The molecule has 0 fully saturated rings. The molecule has 0 spiro atoms. The molecule has 0 bridgehead atoms. The Morgan fingerprint density at radius 2 is 2.19 bits per heavy atom. The maximum atomic E-state index is 12.3. The van der Waals surface area contributed by atoms with E-state index in [1.54, 1.807) is 28.8 Å². The van der Waals surface area contributed by atoms with E-state index in [0.717, 1.165) is 30.5 Å². The van der Waals surface area contributed by atoms with Gasteiger partial charge in [-0.25, -0.2) is 4.79 Å². The molecule has 3 rings (SSSR count). The van der Waals surface area contributed by atoms with Gasteiger partial charge < -0.3 is 10.4 Å². The summed E-state index contributed by atoms with van der Waals surface area (Å²) in [6.07, 6.45) is 2.85. The van der Waals surface area contributed by atoms with E-state index in [1.165, 1.54) is 11.8 Å². The maximum absolute atomic E-state index is 12.3. The van der Waals surface area contributed by atoms with Crippen LogP contribution in [0.5, 0.6) is 5.75 Å². The van der Waals surface area contributed by atoms with Gasteiger partial charge in [-0.3, -0.25) is 9.36 Å². The standard InChI is InChI=1S/C19H20N4O3S/c20-9-4-10-23-15-7-3-6-14(15)18(22-19(23)26)27-12-17(25)21-11-13-5-1-2-8-16(13)24/h1-2,5,8,24H,3-4,6-7,10-12H2,(H,21,25). The molecule has 0 atom stereocenters. The van der Waals surface area contributed by atoms with Crippen LogP contribution < -0.4 is 11.0 Å². The van der Waals surface area contributed by atoms with E-state index in [2.05, 4.69) is 16.4 Å². The quantitative estimate of drug-likeness (QED) is 0.556. The fourth-order valence-corrected chi connectivity index (χ4v) is 4.04. The van der Waals surface area contributed by atoms with E-state index in [0.29, 0.717) is 17.1 Å². The summed E-state index contributed by atoms with van der Waals surface area (Å²) < 4.78 is 1.59. The number of phenolic OH excluding ortho intramolecular Hbond substituents is 1. The van der Waals surface area contributed by atoms with Crippen LogP contribution in [0.2, 0.25) is 0 Å². The van der Waals surface area contributed by atoms with Crippen molar-refractivity contribution in [3.05, 3.63) is 51.6 Å². The zero-order chi connectivity index (χ0) is 19.2. The molecule has 27 heavy (non-hydrogen) atoms.